The number of rotatable bonds is 5. The van der Waals surface area contributed by atoms with Crippen molar-refractivity contribution in [2.45, 2.75) is 12.3 Å². The Morgan fingerprint density at radius 3 is 2.67 bits per heavy atom. The number of benzene rings is 2. The van der Waals surface area contributed by atoms with Gasteiger partial charge in [0.2, 0.25) is 5.11 Å². The lowest BCUT2D eigenvalue weighted by molar-refractivity contribution is -0.383. The van der Waals surface area contributed by atoms with Crippen LogP contribution in [0.4, 0.5) is 24.5 Å². The number of nitro groups is 1. The standard InChI is InChI=1S/C26H17F3N6O3S/c27-26(28,29)38-19-9-7-18(8-10-19)34-15-30-24-20-11-5-16(13-17(20)6-12-23(24)34)14-31-33-25(39)32-21-3-1-2-4-22(21)35(36)37/h1-15,20H,(H,32,39). The maximum absolute atomic E-state index is 12.4. The smallest absolute Gasteiger partial charge is 0.406 e. The summed E-state index contributed by atoms with van der Waals surface area (Å²) in [6, 6.07) is 11.6. The highest BCUT2D eigenvalue weighted by molar-refractivity contribution is 7.80. The van der Waals surface area contributed by atoms with Crippen molar-refractivity contribution in [3.05, 3.63) is 118 Å². The van der Waals surface area contributed by atoms with E-state index in [0.717, 1.165) is 22.5 Å². The Morgan fingerprint density at radius 1 is 1.15 bits per heavy atom. The molecule has 0 saturated carbocycles. The lowest BCUT2D eigenvalue weighted by atomic mass is 9.84. The van der Waals surface area contributed by atoms with Crippen LogP contribution in [0.5, 0.6) is 5.75 Å². The number of fused-ring (bicyclic) bond motifs is 3. The molecule has 9 nitrogen and oxygen atoms in total. The molecule has 1 heterocycles. The first-order chi connectivity index (χ1) is 18.7. The zero-order valence-corrected chi connectivity index (χ0v) is 20.6. The SMILES string of the molecule is O=[N+]([O-])c1ccccc1NC(=S)N=NC=C1C=CC2C(=C1)C=Cc1c2ncn1-c1ccc(OC(F)(F)F)cc1. The summed E-state index contributed by atoms with van der Waals surface area (Å²) < 4.78 is 43.1. The molecule has 1 N–H and O–H groups in total. The van der Waals surface area contributed by atoms with Crippen LogP contribution in [0, 0.1) is 10.1 Å². The molecule has 2 aromatic carbocycles. The van der Waals surface area contributed by atoms with Crippen LogP contribution in [0.3, 0.4) is 0 Å². The monoisotopic (exact) mass is 550 g/mol. The van der Waals surface area contributed by atoms with Crippen LogP contribution < -0.4 is 10.1 Å². The molecule has 0 spiro atoms. The maximum Gasteiger partial charge on any atom is 0.573 e. The van der Waals surface area contributed by atoms with Crippen LogP contribution in [0.2, 0.25) is 0 Å². The van der Waals surface area contributed by atoms with E-state index < -0.39 is 11.3 Å². The Balaban J connectivity index is 1.28. The number of ether oxygens (including phenoxy) is 1. The van der Waals surface area contributed by atoms with E-state index in [0.29, 0.717) is 5.69 Å². The van der Waals surface area contributed by atoms with E-state index in [2.05, 4.69) is 25.3 Å². The van der Waals surface area contributed by atoms with E-state index in [1.807, 2.05) is 30.4 Å². The van der Waals surface area contributed by atoms with Crippen molar-refractivity contribution in [1.29, 1.82) is 0 Å². The minimum Gasteiger partial charge on any atom is -0.406 e. The van der Waals surface area contributed by atoms with Crippen LogP contribution in [0.25, 0.3) is 11.8 Å². The second kappa shape index (κ2) is 10.5. The van der Waals surface area contributed by atoms with Gasteiger partial charge >= 0.3 is 6.36 Å². The van der Waals surface area contributed by atoms with Crippen LogP contribution in [0.1, 0.15) is 17.3 Å². The zero-order valence-electron chi connectivity index (χ0n) is 19.7. The number of alkyl halides is 3. The van der Waals surface area contributed by atoms with Gasteiger partial charge in [-0.2, -0.15) is 5.11 Å². The molecule has 0 bridgehead atoms. The molecule has 0 saturated heterocycles. The number of halogens is 3. The lowest BCUT2D eigenvalue weighted by Crippen LogP contribution is -2.17. The number of thiocarbonyl (C=S) groups is 1. The predicted octanol–water partition coefficient (Wildman–Crippen LogP) is 7.02. The average molecular weight is 551 g/mol. The van der Waals surface area contributed by atoms with Crippen molar-refractivity contribution in [3.8, 4) is 11.4 Å². The van der Waals surface area contributed by atoms with Crippen LogP contribution in [0.15, 0.2) is 107 Å². The first-order valence-corrected chi connectivity index (χ1v) is 11.8. The number of azo groups is 1. The summed E-state index contributed by atoms with van der Waals surface area (Å²) in [6.07, 6.45) is 7.94. The van der Waals surface area contributed by atoms with Crippen molar-refractivity contribution < 1.29 is 22.8 Å². The van der Waals surface area contributed by atoms with E-state index >= 15 is 0 Å². The third kappa shape index (κ3) is 5.83. The molecule has 1 atom stereocenters. The number of anilines is 1. The van der Waals surface area contributed by atoms with Gasteiger partial charge in [0.25, 0.3) is 5.69 Å². The second-order valence-corrected chi connectivity index (χ2v) is 8.68. The molecule has 0 radical (unpaired) electrons. The molecule has 1 aromatic heterocycles. The summed E-state index contributed by atoms with van der Waals surface area (Å²) in [4.78, 5) is 15.2. The van der Waals surface area contributed by atoms with E-state index in [1.165, 1.54) is 42.6 Å². The van der Waals surface area contributed by atoms with Gasteiger partial charge in [-0.25, -0.2) is 4.98 Å². The molecule has 0 amide bonds. The summed E-state index contributed by atoms with van der Waals surface area (Å²) in [7, 11) is 0. The average Bonchev–Trinajstić information content (AvgIpc) is 3.33. The van der Waals surface area contributed by atoms with E-state index in [9.17, 15) is 23.3 Å². The van der Waals surface area contributed by atoms with E-state index in [1.54, 1.807) is 23.0 Å². The van der Waals surface area contributed by atoms with Gasteiger partial charge in [-0.1, -0.05) is 30.4 Å². The predicted molar refractivity (Wildman–Crippen MR) is 142 cm³/mol. The van der Waals surface area contributed by atoms with Crippen molar-refractivity contribution >= 4 is 34.8 Å². The number of hydrogen-bond acceptors (Lipinski definition) is 6. The molecule has 1 unspecified atom stereocenters. The summed E-state index contributed by atoms with van der Waals surface area (Å²) in [5, 5.41) is 21.7. The largest absolute Gasteiger partial charge is 0.573 e. The summed E-state index contributed by atoms with van der Waals surface area (Å²) >= 11 is 5.12. The Kier molecular flexibility index (Phi) is 6.90. The molecule has 39 heavy (non-hydrogen) atoms. The summed E-state index contributed by atoms with van der Waals surface area (Å²) in [6.45, 7) is 0. The van der Waals surface area contributed by atoms with Crippen LogP contribution in [-0.2, 0) is 0 Å². The molecular formula is C26H17F3N6O3S. The Bertz CT molecular complexity index is 1600. The minimum atomic E-state index is -4.75. The maximum atomic E-state index is 12.4. The van der Waals surface area contributed by atoms with Gasteiger partial charge < -0.3 is 10.1 Å². The van der Waals surface area contributed by atoms with Gasteiger partial charge in [0.1, 0.15) is 17.8 Å². The van der Waals surface area contributed by atoms with Crippen molar-refractivity contribution in [2.24, 2.45) is 10.2 Å². The van der Waals surface area contributed by atoms with Gasteiger partial charge in [0.15, 0.2) is 0 Å². The Labute approximate surface area is 224 Å². The highest BCUT2D eigenvalue weighted by Crippen LogP contribution is 2.38. The molecule has 0 aliphatic heterocycles. The van der Waals surface area contributed by atoms with Gasteiger partial charge in [0.05, 0.1) is 22.5 Å². The third-order valence-electron chi connectivity index (χ3n) is 5.78. The number of nitrogens with zero attached hydrogens (tertiary/aromatic N) is 5. The Morgan fingerprint density at radius 2 is 1.92 bits per heavy atom. The van der Waals surface area contributed by atoms with Crippen molar-refractivity contribution in [1.82, 2.24) is 9.55 Å². The highest BCUT2D eigenvalue weighted by atomic mass is 32.1. The van der Waals surface area contributed by atoms with Gasteiger partial charge in [0, 0.05) is 17.7 Å². The van der Waals surface area contributed by atoms with Gasteiger partial charge in [-0.15, -0.1) is 18.3 Å². The topological polar surface area (TPSA) is 107 Å². The summed E-state index contributed by atoms with van der Waals surface area (Å²) in [5.74, 6) is -0.417. The minimum absolute atomic E-state index is 0.0304. The fraction of sp³-hybridized carbons (Fsp3) is 0.0769. The normalized spacial score (nSPS) is 17.1. The second-order valence-electron chi connectivity index (χ2n) is 8.29. The van der Waals surface area contributed by atoms with E-state index in [-0.39, 0.29) is 28.2 Å². The fourth-order valence-corrected chi connectivity index (χ4v) is 4.28. The molecule has 0 fully saturated rings. The number of allylic oxidation sites excluding steroid dienone is 6. The van der Waals surface area contributed by atoms with Gasteiger partial charge in [-0.05, 0) is 65.8 Å². The third-order valence-corrected chi connectivity index (χ3v) is 5.97. The first-order valence-electron chi connectivity index (χ1n) is 11.3. The summed E-state index contributed by atoms with van der Waals surface area (Å²) in [5.41, 5.74) is 4.06. The molecule has 3 aromatic rings. The molecule has 5 rings (SSSR count). The molecule has 2 aliphatic carbocycles. The quantitative estimate of drug-likeness (QED) is 0.158. The molecule has 13 heteroatoms. The van der Waals surface area contributed by atoms with Crippen LogP contribution >= 0.6 is 12.2 Å². The first kappa shape index (κ1) is 25.7. The lowest BCUT2D eigenvalue weighted by Gasteiger charge is -2.22. The van der Waals surface area contributed by atoms with Crippen molar-refractivity contribution in [2.75, 3.05) is 5.32 Å². The number of nitro benzene ring substituents is 1. The molecule has 2 aliphatic rings. The number of imidazole rings is 1. The molecular weight excluding hydrogens is 533 g/mol. The molecule has 196 valence electrons. The highest BCUT2D eigenvalue weighted by Gasteiger charge is 2.31. The van der Waals surface area contributed by atoms with Gasteiger partial charge in [-0.3, -0.25) is 14.7 Å². The number of aromatic nitrogens is 2. The number of nitrogens with one attached hydrogen (secondary N) is 1. The van der Waals surface area contributed by atoms with Crippen LogP contribution in [-0.4, -0.2) is 25.9 Å². The zero-order chi connectivity index (χ0) is 27.6. The van der Waals surface area contributed by atoms with Crippen molar-refractivity contribution in [3.63, 3.8) is 0 Å². The fourth-order valence-electron chi connectivity index (χ4n) is 4.12. The number of para-hydroxylation sites is 2. The number of hydrogen-bond donors (Lipinski definition) is 1. The van der Waals surface area contributed by atoms with E-state index in [4.69, 9.17) is 12.2 Å². The Hall–Kier alpha value is -4.91.